The Morgan fingerprint density at radius 1 is 1.53 bits per heavy atom. The number of carbonyl (C=O) groups excluding carboxylic acids is 1. The number of amides is 1. The Morgan fingerprint density at radius 3 is 3.00 bits per heavy atom. The molecular weight excluding hydrogens is 268 g/mol. The van der Waals surface area contributed by atoms with Crippen LogP contribution in [0.15, 0.2) is 24.3 Å². The van der Waals surface area contributed by atoms with E-state index in [1.807, 2.05) is 24.3 Å². The lowest BCUT2D eigenvalue weighted by Gasteiger charge is -2.12. The Bertz CT molecular complexity index is 401. The van der Waals surface area contributed by atoms with Crippen LogP contribution in [-0.2, 0) is 4.79 Å². The minimum Gasteiger partial charge on any atom is -0.492 e. The summed E-state index contributed by atoms with van der Waals surface area (Å²) in [6.07, 6.45) is -0.578. The van der Waals surface area contributed by atoms with Crippen molar-refractivity contribution in [3.05, 3.63) is 24.3 Å². The van der Waals surface area contributed by atoms with E-state index >= 15 is 0 Å². The lowest BCUT2D eigenvalue weighted by Crippen LogP contribution is -2.25. The van der Waals surface area contributed by atoms with Crippen LogP contribution in [0.4, 0.5) is 5.69 Å². The lowest BCUT2D eigenvalue weighted by molar-refractivity contribution is -0.119. The van der Waals surface area contributed by atoms with E-state index in [0.717, 1.165) is 5.69 Å². The van der Waals surface area contributed by atoms with Crippen LogP contribution < -0.4 is 15.4 Å². The number of aliphatic hydroxyl groups is 1. The van der Waals surface area contributed by atoms with Crippen LogP contribution in [-0.4, -0.2) is 42.7 Å². The van der Waals surface area contributed by atoms with Gasteiger partial charge < -0.3 is 20.5 Å². The van der Waals surface area contributed by atoms with E-state index in [0.29, 0.717) is 25.4 Å². The molecule has 0 saturated heterocycles. The SMILES string of the molecule is CC(=O)NCCOc1cccc(NCC(O)CCl)c1. The number of halogens is 1. The van der Waals surface area contributed by atoms with Crippen molar-refractivity contribution in [2.24, 2.45) is 0 Å². The fourth-order valence-electron chi connectivity index (χ4n) is 1.38. The van der Waals surface area contributed by atoms with Gasteiger partial charge in [-0.3, -0.25) is 4.79 Å². The van der Waals surface area contributed by atoms with Crippen LogP contribution in [0.3, 0.4) is 0 Å². The molecule has 1 aromatic rings. The molecule has 1 aromatic carbocycles. The maximum atomic E-state index is 10.7. The maximum Gasteiger partial charge on any atom is 0.216 e. The number of ether oxygens (including phenoxy) is 1. The molecule has 0 aromatic heterocycles. The topological polar surface area (TPSA) is 70.6 Å². The number of anilines is 1. The van der Waals surface area contributed by atoms with Gasteiger partial charge in [-0.2, -0.15) is 0 Å². The number of alkyl halides is 1. The van der Waals surface area contributed by atoms with Crippen LogP contribution >= 0.6 is 11.6 Å². The smallest absolute Gasteiger partial charge is 0.216 e. The number of benzene rings is 1. The summed E-state index contributed by atoms with van der Waals surface area (Å²) >= 11 is 5.51. The molecule has 106 valence electrons. The largest absolute Gasteiger partial charge is 0.492 e. The van der Waals surface area contributed by atoms with Gasteiger partial charge in [-0.25, -0.2) is 0 Å². The second-order valence-electron chi connectivity index (χ2n) is 4.05. The van der Waals surface area contributed by atoms with E-state index in [2.05, 4.69) is 10.6 Å². The molecule has 1 unspecified atom stereocenters. The first-order chi connectivity index (χ1) is 9.11. The molecule has 0 fully saturated rings. The van der Waals surface area contributed by atoms with E-state index in [1.165, 1.54) is 6.92 Å². The zero-order chi connectivity index (χ0) is 14.1. The molecule has 0 radical (unpaired) electrons. The molecule has 3 N–H and O–H groups in total. The first-order valence-corrected chi connectivity index (χ1v) is 6.60. The van der Waals surface area contributed by atoms with Crippen molar-refractivity contribution in [3.8, 4) is 5.75 Å². The van der Waals surface area contributed by atoms with Crippen molar-refractivity contribution in [1.29, 1.82) is 0 Å². The highest BCUT2D eigenvalue weighted by Gasteiger charge is 2.02. The van der Waals surface area contributed by atoms with E-state index < -0.39 is 6.10 Å². The van der Waals surface area contributed by atoms with Gasteiger partial charge in [0.25, 0.3) is 0 Å². The highest BCUT2D eigenvalue weighted by molar-refractivity contribution is 6.18. The van der Waals surface area contributed by atoms with E-state index in [-0.39, 0.29) is 11.8 Å². The van der Waals surface area contributed by atoms with E-state index in [9.17, 15) is 9.90 Å². The lowest BCUT2D eigenvalue weighted by atomic mass is 10.3. The van der Waals surface area contributed by atoms with Gasteiger partial charge >= 0.3 is 0 Å². The summed E-state index contributed by atoms with van der Waals surface area (Å²) in [5.41, 5.74) is 0.848. The Kier molecular flexibility index (Phi) is 7.07. The zero-order valence-corrected chi connectivity index (χ0v) is 11.6. The van der Waals surface area contributed by atoms with Crippen molar-refractivity contribution in [3.63, 3.8) is 0 Å². The van der Waals surface area contributed by atoms with Gasteiger partial charge in [0.05, 0.1) is 18.5 Å². The molecule has 19 heavy (non-hydrogen) atoms. The third-order valence-corrected chi connectivity index (χ3v) is 2.65. The molecule has 1 amide bonds. The van der Waals surface area contributed by atoms with Crippen LogP contribution in [0.25, 0.3) is 0 Å². The summed E-state index contributed by atoms with van der Waals surface area (Å²) in [5.74, 6) is 0.824. The predicted octanol–water partition coefficient (Wildman–Crippen LogP) is 1.21. The van der Waals surface area contributed by atoms with Crippen molar-refractivity contribution in [2.75, 3.05) is 30.9 Å². The maximum absolute atomic E-state index is 10.7. The Balaban J connectivity index is 2.36. The van der Waals surface area contributed by atoms with E-state index in [1.54, 1.807) is 0 Å². The number of aliphatic hydroxyl groups excluding tert-OH is 1. The molecule has 1 rings (SSSR count). The van der Waals surface area contributed by atoms with Gasteiger partial charge in [0, 0.05) is 25.2 Å². The molecule has 0 bridgehead atoms. The summed E-state index contributed by atoms with van der Waals surface area (Å²) in [7, 11) is 0. The predicted molar refractivity (Wildman–Crippen MR) is 75.8 cm³/mol. The first kappa shape index (κ1) is 15.6. The Morgan fingerprint density at radius 2 is 2.32 bits per heavy atom. The average Bonchev–Trinajstić information content (AvgIpc) is 2.41. The second kappa shape index (κ2) is 8.61. The van der Waals surface area contributed by atoms with Gasteiger partial charge in [0.1, 0.15) is 12.4 Å². The third kappa shape index (κ3) is 6.88. The summed E-state index contributed by atoms with van der Waals surface area (Å²) in [4.78, 5) is 10.7. The fraction of sp³-hybridized carbons (Fsp3) is 0.462. The number of carbonyl (C=O) groups is 1. The molecule has 1 atom stereocenters. The number of hydrogen-bond donors (Lipinski definition) is 3. The van der Waals surface area contributed by atoms with E-state index in [4.69, 9.17) is 16.3 Å². The minimum absolute atomic E-state index is 0.0749. The number of nitrogens with one attached hydrogen (secondary N) is 2. The van der Waals surface area contributed by atoms with Crippen molar-refractivity contribution in [2.45, 2.75) is 13.0 Å². The third-order valence-electron chi connectivity index (χ3n) is 2.30. The normalized spacial score (nSPS) is 11.7. The Hall–Kier alpha value is -1.46. The summed E-state index contributed by atoms with van der Waals surface area (Å²) in [6, 6.07) is 7.39. The molecule has 0 aliphatic heterocycles. The van der Waals surface area contributed by atoms with Crippen LogP contribution in [0, 0.1) is 0 Å². The summed E-state index contributed by atoms with van der Waals surface area (Å²) < 4.78 is 5.49. The van der Waals surface area contributed by atoms with Crippen molar-refractivity contribution < 1.29 is 14.6 Å². The molecule has 0 spiro atoms. The van der Waals surface area contributed by atoms with Crippen LogP contribution in [0.2, 0.25) is 0 Å². The highest BCUT2D eigenvalue weighted by atomic mass is 35.5. The second-order valence-corrected chi connectivity index (χ2v) is 4.36. The standard InChI is InChI=1S/C13H19ClN2O3/c1-10(17)15-5-6-19-13-4-2-3-11(7-13)16-9-12(18)8-14/h2-4,7,12,16,18H,5-6,8-9H2,1H3,(H,15,17). The number of rotatable bonds is 8. The van der Waals surface area contributed by atoms with Gasteiger partial charge in [-0.15, -0.1) is 11.6 Å². The molecule has 0 aliphatic rings. The van der Waals surface area contributed by atoms with Crippen molar-refractivity contribution >= 4 is 23.2 Å². The first-order valence-electron chi connectivity index (χ1n) is 6.07. The van der Waals surface area contributed by atoms with Crippen LogP contribution in [0.1, 0.15) is 6.92 Å². The van der Waals surface area contributed by atoms with Gasteiger partial charge in [0.2, 0.25) is 5.91 Å². The molecule has 5 nitrogen and oxygen atoms in total. The Labute approximate surface area is 117 Å². The highest BCUT2D eigenvalue weighted by Crippen LogP contribution is 2.17. The quantitative estimate of drug-likeness (QED) is 0.496. The molecular formula is C13H19ClN2O3. The number of hydrogen-bond acceptors (Lipinski definition) is 4. The van der Waals surface area contributed by atoms with Gasteiger partial charge in [0.15, 0.2) is 0 Å². The minimum atomic E-state index is -0.578. The van der Waals surface area contributed by atoms with Gasteiger partial charge in [-0.05, 0) is 12.1 Å². The van der Waals surface area contributed by atoms with Crippen molar-refractivity contribution in [1.82, 2.24) is 5.32 Å². The molecule has 0 aliphatic carbocycles. The average molecular weight is 287 g/mol. The van der Waals surface area contributed by atoms with Gasteiger partial charge in [-0.1, -0.05) is 6.07 Å². The molecule has 0 saturated carbocycles. The molecule has 0 heterocycles. The fourth-order valence-corrected chi connectivity index (χ4v) is 1.49. The summed E-state index contributed by atoms with van der Waals surface area (Å²) in [5, 5.41) is 15.1. The summed E-state index contributed by atoms with van der Waals surface area (Å²) in [6.45, 7) is 2.73. The molecule has 6 heteroatoms. The monoisotopic (exact) mass is 286 g/mol. The zero-order valence-electron chi connectivity index (χ0n) is 10.9. The van der Waals surface area contributed by atoms with Crippen LogP contribution in [0.5, 0.6) is 5.75 Å².